The maximum atomic E-state index is 10.1. The van der Waals surface area contributed by atoms with Crippen LogP contribution in [0.1, 0.15) is 22.8 Å². The number of hydrogen-bond acceptors (Lipinski definition) is 2. The number of nitrogens with zero attached hydrogens (tertiary/aromatic N) is 2. The van der Waals surface area contributed by atoms with Crippen molar-refractivity contribution in [2.75, 3.05) is 0 Å². The van der Waals surface area contributed by atoms with Crippen molar-refractivity contribution in [2.45, 2.75) is 19.4 Å². The van der Waals surface area contributed by atoms with Crippen LogP contribution in [0, 0.1) is 6.92 Å². The van der Waals surface area contributed by atoms with Crippen molar-refractivity contribution in [1.82, 2.24) is 9.78 Å². The molecule has 0 spiro atoms. The van der Waals surface area contributed by atoms with Crippen molar-refractivity contribution in [2.24, 2.45) is 7.05 Å². The molecule has 2 rings (SSSR count). The topological polar surface area (TPSA) is 38.1 Å². The van der Waals surface area contributed by atoms with E-state index in [1.165, 1.54) is 0 Å². The molecule has 4 heteroatoms. The minimum absolute atomic E-state index is 0.544. The van der Waals surface area contributed by atoms with Crippen LogP contribution >= 0.6 is 11.6 Å². The molecular weight excluding hydrogens is 236 g/mol. The van der Waals surface area contributed by atoms with Crippen LogP contribution in [0.4, 0.5) is 0 Å². The van der Waals surface area contributed by atoms with Crippen molar-refractivity contribution < 1.29 is 5.11 Å². The molecule has 0 saturated heterocycles. The summed E-state index contributed by atoms with van der Waals surface area (Å²) in [7, 11) is 1.86. The Kier molecular flexibility index (Phi) is 3.50. The third-order valence-electron chi connectivity index (χ3n) is 2.77. The van der Waals surface area contributed by atoms with Gasteiger partial charge in [-0.15, -0.1) is 0 Å². The van der Waals surface area contributed by atoms with E-state index in [1.807, 2.05) is 38.4 Å². The summed E-state index contributed by atoms with van der Waals surface area (Å²) in [4.78, 5) is 0. The molecule has 2 aromatic rings. The number of hydrogen-bond donors (Lipinski definition) is 1. The summed E-state index contributed by atoms with van der Waals surface area (Å²) < 4.78 is 1.73. The summed E-state index contributed by atoms with van der Waals surface area (Å²) in [6.45, 7) is 1.94. The molecule has 1 unspecified atom stereocenters. The molecule has 0 aliphatic carbocycles. The van der Waals surface area contributed by atoms with Gasteiger partial charge in [0.25, 0.3) is 0 Å². The van der Waals surface area contributed by atoms with E-state index < -0.39 is 6.10 Å². The van der Waals surface area contributed by atoms with E-state index in [2.05, 4.69) is 5.10 Å². The Labute approximate surface area is 106 Å². The largest absolute Gasteiger partial charge is 0.388 e. The van der Waals surface area contributed by atoms with Gasteiger partial charge in [0, 0.05) is 24.7 Å². The van der Waals surface area contributed by atoms with Gasteiger partial charge in [0.15, 0.2) is 0 Å². The Balaban J connectivity index is 2.14. The van der Waals surface area contributed by atoms with E-state index >= 15 is 0 Å². The highest BCUT2D eigenvalue weighted by Gasteiger charge is 2.10. The van der Waals surface area contributed by atoms with Gasteiger partial charge in [-0.25, -0.2) is 0 Å². The molecule has 3 nitrogen and oxygen atoms in total. The number of aryl methyl sites for hydroxylation is 2. The van der Waals surface area contributed by atoms with E-state index in [0.29, 0.717) is 11.4 Å². The maximum absolute atomic E-state index is 10.1. The highest BCUT2D eigenvalue weighted by Crippen LogP contribution is 2.23. The number of aliphatic hydroxyl groups is 1. The fourth-order valence-corrected chi connectivity index (χ4v) is 1.92. The molecule has 1 aromatic heterocycles. The average molecular weight is 251 g/mol. The van der Waals surface area contributed by atoms with Crippen LogP contribution in [-0.2, 0) is 13.5 Å². The second-order valence-corrected chi connectivity index (χ2v) is 4.66. The summed E-state index contributed by atoms with van der Waals surface area (Å²) in [5.41, 5.74) is 2.87. The number of benzene rings is 1. The molecule has 0 bridgehead atoms. The minimum Gasteiger partial charge on any atom is -0.388 e. The third-order valence-corrected chi connectivity index (χ3v) is 3.18. The van der Waals surface area contributed by atoms with Crippen LogP contribution < -0.4 is 0 Å². The quantitative estimate of drug-likeness (QED) is 0.910. The zero-order valence-corrected chi connectivity index (χ0v) is 10.6. The van der Waals surface area contributed by atoms with E-state index in [4.69, 9.17) is 11.6 Å². The third kappa shape index (κ3) is 2.87. The smallest absolute Gasteiger partial charge is 0.0832 e. The second-order valence-electron chi connectivity index (χ2n) is 4.25. The van der Waals surface area contributed by atoms with Gasteiger partial charge in [0.2, 0.25) is 0 Å². The van der Waals surface area contributed by atoms with Crippen LogP contribution in [0.25, 0.3) is 0 Å². The fourth-order valence-electron chi connectivity index (χ4n) is 1.73. The Morgan fingerprint density at radius 3 is 2.82 bits per heavy atom. The van der Waals surface area contributed by atoms with Crippen LogP contribution in [0.5, 0.6) is 0 Å². The fraction of sp³-hybridized carbons (Fsp3) is 0.308. The predicted octanol–water partition coefficient (Wildman–Crippen LogP) is 2.66. The molecule has 90 valence electrons. The number of aliphatic hydroxyl groups excluding tert-OH is 1. The zero-order chi connectivity index (χ0) is 12.4. The number of halogens is 1. The normalized spacial score (nSPS) is 12.7. The molecule has 1 atom stereocenters. The van der Waals surface area contributed by atoms with Gasteiger partial charge < -0.3 is 5.11 Å². The average Bonchev–Trinajstić information content (AvgIpc) is 2.68. The van der Waals surface area contributed by atoms with Crippen LogP contribution in [0.2, 0.25) is 5.02 Å². The Morgan fingerprint density at radius 1 is 1.47 bits per heavy atom. The second kappa shape index (κ2) is 4.90. The summed E-state index contributed by atoms with van der Waals surface area (Å²) in [6.07, 6.45) is 3.67. The lowest BCUT2D eigenvalue weighted by Gasteiger charge is -2.11. The van der Waals surface area contributed by atoms with Gasteiger partial charge >= 0.3 is 0 Å². The van der Waals surface area contributed by atoms with Crippen LogP contribution in [0.15, 0.2) is 30.6 Å². The van der Waals surface area contributed by atoms with E-state index in [9.17, 15) is 5.11 Å². The predicted molar refractivity (Wildman–Crippen MR) is 68.1 cm³/mol. The highest BCUT2D eigenvalue weighted by atomic mass is 35.5. The van der Waals surface area contributed by atoms with Crippen molar-refractivity contribution in [3.05, 3.63) is 52.3 Å². The molecular formula is C13H15ClN2O. The molecule has 0 fully saturated rings. The summed E-state index contributed by atoms with van der Waals surface area (Å²) >= 11 is 6.04. The van der Waals surface area contributed by atoms with Crippen molar-refractivity contribution in [3.63, 3.8) is 0 Å². The van der Waals surface area contributed by atoms with Crippen molar-refractivity contribution in [3.8, 4) is 0 Å². The minimum atomic E-state index is -0.544. The zero-order valence-electron chi connectivity index (χ0n) is 9.89. The first-order valence-electron chi connectivity index (χ1n) is 5.48. The molecule has 0 aliphatic heterocycles. The number of aromatic nitrogens is 2. The molecule has 17 heavy (non-hydrogen) atoms. The lowest BCUT2D eigenvalue weighted by molar-refractivity contribution is 0.178. The monoisotopic (exact) mass is 250 g/mol. The standard InChI is InChI=1S/C13H15ClN2O/c1-9-3-4-11(6-12(9)14)13(17)5-10-7-15-16(2)8-10/h3-4,6-8,13,17H,5H2,1-2H3. The molecule has 1 N–H and O–H groups in total. The highest BCUT2D eigenvalue weighted by molar-refractivity contribution is 6.31. The van der Waals surface area contributed by atoms with Crippen molar-refractivity contribution >= 4 is 11.6 Å². The van der Waals surface area contributed by atoms with Gasteiger partial charge in [-0.1, -0.05) is 23.7 Å². The Hall–Kier alpha value is -1.32. The van der Waals surface area contributed by atoms with Gasteiger partial charge in [0.05, 0.1) is 12.3 Å². The molecule has 0 saturated carbocycles. The lowest BCUT2D eigenvalue weighted by atomic mass is 10.0. The van der Waals surface area contributed by atoms with Gasteiger partial charge in [-0.3, -0.25) is 4.68 Å². The van der Waals surface area contributed by atoms with E-state index in [-0.39, 0.29) is 0 Å². The van der Waals surface area contributed by atoms with E-state index in [0.717, 1.165) is 16.7 Å². The molecule has 0 amide bonds. The first-order chi connectivity index (χ1) is 8.06. The van der Waals surface area contributed by atoms with Gasteiger partial charge in [-0.2, -0.15) is 5.10 Å². The maximum Gasteiger partial charge on any atom is 0.0832 e. The summed E-state index contributed by atoms with van der Waals surface area (Å²) in [5, 5.41) is 14.9. The molecule has 1 heterocycles. The van der Waals surface area contributed by atoms with Crippen LogP contribution in [0.3, 0.4) is 0 Å². The Morgan fingerprint density at radius 2 is 2.24 bits per heavy atom. The first-order valence-corrected chi connectivity index (χ1v) is 5.85. The number of rotatable bonds is 3. The van der Waals surface area contributed by atoms with Gasteiger partial charge in [-0.05, 0) is 29.7 Å². The summed E-state index contributed by atoms with van der Waals surface area (Å²) in [5.74, 6) is 0. The summed E-state index contributed by atoms with van der Waals surface area (Å²) in [6, 6.07) is 5.64. The molecule has 0 radical (unpaired) electrons. The SMILES string of the molecule is Cc1ccc(C(O)Cc2cnn(C)c2)cc1Cl. The molecule has 0 aliphatic rings. The Bertz CT molecular complexity index is 522. The van der Waals surface area contributed by atoms with Crippen molar-refractivity contribution in [1.29, 1.82) is 0 Å². The first kappa shape index (κ1) is 12.1. The van der Waals surface area contributed by atoms with Crippen LogP contribution in [-0.4, -0.2) is 14.9 Å². The lowest BCUT2D eigenvalue weighted by Crippen LogP contribution is -2.01. The van der Waals surface area contributed by atoms with E-state index in [1.54, 1.807) is 10.9 Å². The molecule has 1 aromatic carbocycles. The van der Waals surface area contributed by atoms with Gasteiger partial charge in [0.1, 0.15) is 0 Å².